The van der Waals surface area contributed by atoms with Gasteiger partial charge in [0.15, 0.2) is 0 Å². The summed E-state index contributed by atoms with van der Waals surface area (Å²) in [5.41, 5.74) is 2.10. The lowest BCUT2D eigenvalue weighted by Gasteiger charge is -2.45. The lowest BCUT2D eigenvalue weighted by atomic mass is 10.1. The number of amides is 2. The van der Waals surface area contributed by atoms with Crippen LogP contribution in [-0.4, -0.2) is 70.8 Å². The number of fused-ring (bicyclic) bond motifs is 1. The third kappa shape index (κ3) is 3.17. The largest absolute Gasteiger partial charge is 0.335 e. The minimum atomic E-state index is -0.353. The maximum atomic E-state index is 12.4. The number of hydrogen-bond donors (Lipinski definition) is 0. The molecule has 0 aliphatic carbocycles. The normalized spacial score (nSPS) is 21.6. The Morgan fingerprint density at radius 3 is 2.80 bits per heavy atom. The standard InChI is InChI=1S/C18H20N4O2S/c1-20-11-17(23)22-8-7-21(9-15(22)18(20)24)10-16-19-14(12-25-16)13-5-3-2-4-6-13/h2-6,12,15H,7-11H2,1H3/t15-/m1/s1. The summed E-state index contributed by atoms with van der Waals surface area (Å²) in [5, 5.41) is 3.11. The fraction of sp³-hybridized carbons (Fsp3) is 0.389. The molecule has 2 aliphatic rings. The highest BCUT2D eigenvalue weighted by Crippen LogP contribution is 2.24. The molecule has 25 heavy (non-hydrogen) atoms. The second-order valence-corrected chi connectivity index (χ2v) is 7.47. The maximum absolute atomic E-state index is 12.4. The van der Waals surface area contributed by atoms with Gasteiger partial charge in [-0.25, -0.2) is 4.98 Å². The SMILES string of the molecule is CN1CC(=O)N2CCN(Cc3nc(-c4ccccc4)cs3)C[C@@H]2C1=O. The van der Waals surface area contributed by atoms with Crippen LogP contribution in [0.25, 0.3) is 11.3 Å². The summed E-state index contributed by atoms with van der Waals surface area (Å²) in [5.74, 6) is 0.0841. The Kier molecular flexibility index (Phi) is 4.27. The van der Waals surface area contributed by atoms with E-state index in [0.29, 0.717) is 19.6 Å². The molecule has 3 heterocycles. The van der Waals surface area contributed by atoms with E-state index in [9.17, 15) is 9.59 Å². The summed E-state index contributed by atoms with van der Waals surface area (Å²) in [6.07, 6.45) is 0. The van der Waals surface area contributed by atoms with Crippen LogP contribution < -0.4 is 0 Å². The van der Waals surface area contributed by atoms with Crippen molar-refractivity contribution in [1.82, 2.24) is 19.7 Å². The number of carbonyl (C=O) groups excluding carboxylic acids is 2. The van der Waals surface area contributed by atoms with E-state index >= 15 is 0 Å². The third-order valence-electron chi connectivity index (χ3n) is 4.80. The lowest BCUT2D eigenvalue weighted by Crippen LogP contribution is -2.65. The molecule has 2 fully saturated rings. The Morgan fingerprint density at radius 2 is 2.00 bits per heavy atom. The van der Waals surface area contributed by atoms with Gasteiger partial charge in [0.1, 0.15) is 11.0 Å². The number of nitrogens with zero attached hydrogens (tertiary/aromatic N) is 4. The van der Waals surface area contributed by atoms with E-state index < -0.39 is 0 Å². The summed E-state index contributed by atoms with van der Waals surface area (Å²) in [6, 6.07) is 9.77. The second kappa shape index (κ2) is 6.57. The molecule has 7 heteroatoms. The molecule has 0 unspecified atom stereocenters. The molecule has 1 aromatic carbocycles. The Balaban J connectivity index is 1.45. The minimum Gasteiger partial charge on any atom is -0.335 e. The van der Waals surface area contributed by atoms with Crippen molar-refractivity contribution < 1.29 is 9.59 Å². The number of hydrogen-bond acceptors (Lipinski definition) is 5. The first kappa shape index (κ1) is 16.2. The van der Waals surface area contributed by atoms with Crippen LogP contribution >= 0.6 is 11.3 Å². The van der Waals surface area contributed by atoms with Crippen molar-refractivity contribution in [2.45, 2.75) is 12.6 Å². The molecule has 0 spiro atoms. The van der Waals surface area contributed by atoms with E-state index in [1.165, 1.54) is 4.90 Å². The number of aromatic nitrogens is 1. The van der Waals surface area contributed by atoms with E-state index in [4.69, 9.17) is 4.98 Å². The van der Waals surface area contributed by atoms with Crippen LogP contribution in [0.15, 0.2) is 35.7 Å². The number of rotatable bonds is 3. The van der Waals surface area contributed by atoms with Gasteiger partial charge < -0.3 is 9.80 Å². The summed E-state index contributed by atoms with van der Waals surface area (Å²) >= 11 is 1.64. The molecule has 1 aromatic heterocycles. The van der Waals surface area contributed by atoms with E-state index in [1.807, 2.05) is 18.2 Å². The van der Waals surface area contributed by atoms with E-state index in [-0.39, 0.29) is 24.4 Å². The predicted molar refractivity (Wildman–Crippen MR) is 96.0 cm³/mol. The number of piperazine rings is 2. The van der Waals surface area contributed by atoms with Crippen molar-refractivity contribution in [3.63, 3.8) is 0 Å². The Labute approximate surface area is 150 Å². The van der Waals surface area contributed by atoms with Crippen molar-refractivity contribution in [1.29, 1.82) is 0 Å². The van der Waals surface area contributed by atoms with Crippen LogP contribution in [0.2, 0.25) is 0 Å². The molecule has 0 N–H and O–H groups in total. The predicted octanol–water partition coefficient (Wildman–Crippen LogP) is 1.29. The zero-order valence-corrected chi connectivity index (χ0v) is 14.9. The summed E-state index contributed by atoms with van der Waals surface area (Å²) in [4.78, 5) is 34.7. The van der Waals surface area contributed by atoms with Gasteiger partial charge in [-0.2, -0.15) is 0 Å². The van der Waals surface area contributed by atoms with Crippen LogP contribution in [0.1, 0.15) is 5.01 Å². The summed E-state index contributed by atoms with van der Waals surface area (Å²) in [6.45, 7) is 2.88. The van der Waals surface area contributed by atoms with Crippen molar-refractivity contribution in [3.8, 4) is 11.3 Å². The Morgan fingerprint density at radius 1 is 1.20 bits per heavy atom. The van der Waals surface area contributed by atoms with Crippen LogP contribution in [0, 0.1) is 0 Å². The van der Waals surface area contributed by atoms with Crippen LogP contribution in [-0.2, 0) is 16.1 Å². The second-order valence-electron chi connectivity index (χ2n) is 6.52. The molecule has 4 rings (SSSR count). The molecule has 130 valence electrons. The van der Waals surface area contributed by atoms with Crippen LogP contribution in [0.5, 0.6) is 0 Å². The maximum Gasteiger partial charge on any atom is 0.246 e. The zero-order valence-electron chi connectivity index (χ0n) is 14.1. The quantitative estimate of drug-likeness (QED) is 0.832. The number of carbonyl (C=O) groups is 2. The van der Waals surface area contributed by atoms with Gasteiger partial charge in [-0.3, -0.25) is 14.5 Å². The zero-order chi connectivity index (χ0) is 17.4. The van der Waals surface area contributed by atoms with E-state index in [1.54, 1.807) is 23.3 Å². The van der Waals surface area contributed by atoms with Gasteiger partial charge in [0.25, 0.3) is 0 Å². The van der Waals surface area contributed by atoms with Gasteiger partial charge in [-0.1, -0.05) is 30.3 Å². The molecule has 0 radical (unpaired) electrons. The van der Waals surface area contributed by atoms with Gasteiger partial charge in [0.05, 0.1) is 18.8 Å². The third-order valence-corrected chi connectivity index (χ3v) is 5.63. The van der Waals surface area contributed by atoms with E-state index in [0.717, 1.165) is 22.8 Å². The van der Waals surface area contributed by atoms with Gasteiger partial charge in [-0.05, 0) is 0 Å². The molecule has 2 saturated heterocycles. The average molecular weight is 356 g/mol. The molecule has 2 amide bonds. The van der Waals surface area contributed by atoms with Crippen molar-refractivity contribution in [2.24, 2.45) is 0 Å². The first-order valence-electron chi connectivity index (χ1n) is 8.38. The van der Waals surface area contributed by atoms with Gasteiger partial charge >= 0.3 is 0 Å². The number of thiazole rings is 1. The average Bonchev–Trinajstić information content (AvgIpc) is 3.09. The van der Waals surface area contributed by atoms with E-state index in [2.05, 4.69) is 22.4 Å². The highest BCUT2D eigenvalue weighted by molar-refractivity contribution is 7.09. The first-order chi connectivity index (χ1) is 12.1. The highest BCUT2D eigenvalue weighted by Gasteiger charge is 2.41. The molecule has 2 aromatic rings. The number of benzene rings is 1. The van der Waals surface area contributed by atoms with Gasteiger partial charge in [0, 0.05) is 37.6 Å². The van der Waals surface area contributed by atoms with Crippen LogP contribution in [0.4, 0.5) is 0 Å². The minimum absolute atomic E-state index is 0.0356. The summed E-state index contributed by atoms with van der Waals surface area (Å²) < 4.78 is 0. The Hall–Kier alpha value is -2.25. The molecular weight excluding hydrogens is 336 g/mol. The first-order valence-corrected chi connectivity index (χ1v) is 9.26. The lowest BCUT2D eigenvalue weighted by molar-refractivity contribution is -0.158. The topological polar surface area (TPSA) is 56.8 Å². The number of likely N-dealkylation sites (N-methyl/N-ethyl adjacent to an activating group) is 1. The monoisotopic (exact) mass is 356 g/mol. The fourth-order valence-electron chi connectivity index (χ4n) is 3.44. The molecule has 1 atom stereocenters. The van der Waals surface area contributed by atoms with Crippen molar-refractivity contribution >= 4 is 23.2 Å². The smallest absolute Gasteiger partial charge is 0.246 e. The fourth-order valence-corrected chi connectivity index (χ4v) is 4.28. The van der Waals surface area contributed by atoms with Gasteiger partial charge in [-0.15, -0.1) is 11.3 Å². The molecule has 0 bridgehead atoms. The van der Waals surface area contributed by atoms with Crippen molar-refractivity contribution in [2.75, 3.05) is 33.2 Å². The molecular formula is C18H20N4O2S. The highest BCUT2D eigenvalue weighted by atomic mass is 32.1. The summed E-state index contributed by atoms with van der Waals surface area (Å²) in [7, 11) is 1.70. The molecule has 2 aliphatic heterocycles. The molecule has 6 nitrogen and oxygen atoms in total. The Bertz CT molecular complexity index is 791. The van der Waals surface area contributed by atoms with Crippen molar-refractivity contribution in [3.05, 3.63) is 40.7 Å². The molecule has 0 saturated carbocycles. The van der Waals surface area contributed by atoms with Crippen LogP contribution in [0.3, 0.4) is 0 Å². The van der Waals surface area contributed by atoms with Gasteiger partial charge in [0.2, 0.25) is 11.8 Å².